The minimum Gasteiger partial charge on any atom is -0.344 e. The highest BCUT2D eigenvalue weighted by Crippen LogP contribution is 2.27. The molecule has 1 aromatic rings. The van der Waals surface area contributed by atoms with Crippen molar-refractivity contribution < 1.29 is 9.59 Å². The number of thioether (sulfide) groups is 1. The van der Waals surface area contributed by atoms with Crippen molar-refractivity contribution in [3.63, 3.8) is 0 Å². The first-order valence-corrected chi connectivity index (χ1v) is 6.83. The summed E-state index contributed by atoms with van der Waals surface area (Å²) >= 11 is 4.10. The molecule has 0 aliphatic rings. The summed E-state index contributed by atoms with van der Waals surface area (Å²) in [7, 11) is 3.21. The number of carbonyl (C=O) groups is 2. The molecule has 0 aromatic heterocycles. The zero-order valence-corrected chi connectivity index (χ0v) is 12.7. The molecule has 1 rings (SSSR count). The molecule has 0 saturated heterocycles. The van der Waals surface area contributed by atoms with E-state index in [0.29, 0.717) is 20.6 Å². The first-order chi connectivity index (χ1) is 8.99. The van der Waals surface area contributed by atoms with Crippen molar-refractivity contribution >= 4 is 51.0 Å². The summed E-state index contributed by atoms with van der Waals surface area (Å²) in [6.45, 7) is 0. The van der Waals surface area contributed by atoms with Crippen molar-refractivity contribution in [1.29, 1.82) is 0 Å². The maximum absolute atomic E-state index is 11.9. The molecule has 0 spiro atoms. The van der Waals surface area contributed by atoms with Crippen LogP contribution in [-0.2, 0) is 9.59 Å². The van der Waals surface area contributed by atoms with Gasteiger partial charge in [-0.3, -0.25) is 9.59 Å². The minimum absolute atomic E-state index is 0.262. The van der Waals surface area contributed by atoms with E-state index in [1.54, 1.807) is 32.3 Å². The van der Waals surface area contributed by atoms with Crippen LogP contribution < -0.4 is 0 Å². The number of hydrogen-bond donors (Lipinski definition) is 0. The highest BCUT2D eigenvalue weighted by molar-refractivity contribution is 9.10. The molecule has 1 aromatic carbocycles. The summed E-state index contributed by atoms with van der Waals surface area (Å²) < 4.78 is 0.625. The summed E-state index contributed by atoms with van der Waals surface area (Å²) in [5.74, 6) is -0.262. The number of rotatable bonds is 5. The third-order valence-electron chi connectivity index (χ3n) is 2.17. The Balaban J connectivity index is 3.18. The highest BCUT2D eigenvalue weighted by atomic mass is 79.9. The second kappa shape index (κ2) is 7.20. The minimum atomic E-state index is -0.262. The normalized spacial score (nSPS) is 11.0. The van der Waals surface area contributed by atoms with Gasteiger partial charge in [0.15, 0.2) is 5.62 Å². The lowest BCUT2D eigenvalue weighted by molar-refractivity contribution is -0.123. The van der Waals surface area contributed by atoms with Gasteiger partial charge in [0.2, 0.25) is 0 Å². The quantitative estimate of drug-likeness (QED) is 0.468. The molecule has 19 heavy (non-hydrogen) atoms. The number of nitrogens with zero attached hydrogens (tertiary/aromatic N) is 2. The summed E-state index contributed by atoms with van der Waals surface area (Å²) in [4.78, 5) is 34.5. The zero-order valence-electron chi connectivity index (χ0n) is 10.3. The van der Waals surface area contributed by atoms with Crippen LogP contribution in [0.1, 0.15) is 5.56 Å². The van der Waals surface area contributed by atoms with Crippen LogP contribution in [0.15, 0.2) is 32.8 Å². The molecule has 0 saturated carbocycles. The number of amides is 1. The molecule has 0 aliphatic heterocycles. The number of hydrogen-bond acceptors (Lipinski definition) is 5. The Morgan fingerprint density at radius 2 is 2.11 bits per heavy atom. The Labute approximate surface area is 123 Å². The Bertz CT molecular complexity index is 544. The SMILES string of the molecule is CN(C)C(=O)/C(=C/c1ccc(N=O)cc1Br)SC=O. The fourth-order valence-corrected chi connectivity index (χ4v) is 2.31. The van der Waals surface area contributed by atoms with Gasteiger partial charge in [-0.2, -0.15) is 0 Å². The molecule has 0 heterocycles. The van der Waals surface area contributed by atoms with E-state index < -0.39 is 0 Å². The maximum Gasteiger partial charge on any atom is 0.260 e. The monoisotopic (exact) mass is 342 g/mol. The summed E-state index contributed by atoms with van der Waals surface area (Å²) in [6, 6.07) is 4.73. The Morgan fingerprint density at radius 1 is 1.42 bits per heavy atom. The first kappa shape index (κ1) is 15.6. The number of benzene rings is 1. The van der Waals surface area contributed by atoms with Crippen LogP contribution >= 0.6 is 27.7 Å². The van der Waals surface area contributed by atoms with Crippen molar-refractivity contribution in [3.8, 4) is 0 Å². The Hall–Kier alpha value is -1.47. The molecule has 0 radical (unpaired) electrons. The standard InChI is InChI=1S/C12H11BrN2O3S/c1-15(2)12(17)11(19-7-16)5-8-3-4-9(14-18)6-10(8)13/h3-7H,1-2H3/b11-5-. The molecular formula is C12H11BrN2O3S. The van der Waals surface area contributed by atoms with Crippen LogP contribution in [-0.4, -0.2) is 30.5 Å². The van der Waals surface area contributed by atoms with Crippen LogP contribution in [0.3, 0.4) is 0 Å². The van der Waals surface area contributed by atoms with Crippen molar-refractivity contribution in [2.75, 3.05) is 14.1 Å². The van der Waals surface area contributed by atoms with Gasteiger partial charge in [-0.15, -0.1) is 4.91 Å². The second-order valence-corrected chi connectivity index (χ2v) is 5.44. The van der Waals surface area contributed by atoms with Gasteiger partial charge in [0.05, 0.1) is 4.91 Å². The van der Waals surface area contributed by atoms with Crippen molar-refractivity contribution in [3.05, 3.63) is 38.0 Å². The molecule has 0 fully saturated rings. The smallest absolute Gasteiger partial charge is 0.260 e. The van der Waals surface area contributed by atoms with Crippen LogP contribution in [0.2, 0.25) is 0 Å². The van der Waals surface area contributed by atoms with E-state index >= 15 is 0 Å². The Morgan fingerprint density at radius 3 is 2.58 bits per heavy atom. The largest absolute Gasteiger partial charge is 0.344 e. The first-order valence-electron chi connectivity index (χ1n) is 5.16. The lowest BCUT2D eigenvalue weighted by Gasteiger charge is -2.11. The van der Waals surface area contributed by atoms with E-state index in [1.165, 1.54) is 11.0 Å². The van der Waals surface area contributed by atoms with Gasteiger partial charge in [0.25, 0.3) is 5.91 Å². The molecule has 1 amide bonds. The zero-order chi connectivity index (χ0) is 14.4. The molecule has 0 bridgehead atoms. The van der Waals surface area contributed by atoms with E-state index in [1.807, 2.05) is 0 Å². The van der Waals surface area contributed by atoms with Gasteiger partial charge in [-0.25, -0.2) is 0 Å². The maximum atomic E-state index is 11.9. The Kier molecular flexibility index (Phi) is 5.91. The lowest BCUT2D eigenvalue weighted by atomic mass is 10.2. The second-order valence-electron chi connectivity index (χ2n) is 3.72. The lowest BCUT2D eigenvalue weighted by Crippen LogP contribution is -2.22. The average Bonchev–Trinajstić information content (AvgIpc) is 2.39. The third kappa shape index (κ3) is 4.29. The van der Waals surface area contributed by atoms with Crippen LogP contribution in [0.25, 0.3) is 6.08 Å². The number of halogens is 1. The highest BCUT2D eigenvalue weighted by Gasteiger charge is 2.13. The molecule has 0 atom stereocenters. The molecule has 5 nitrogen and oxygen atoms in total. The van der Waals surface area contributed by atoms with Gasteiger partial charge in [0, 0.05) is 18.6 Å². The third-order valence-corrected chi connectivity index (χ3v) is 3.50. The van der Waals surface area contributed by atoms with Gasteiger partial charge in [-0.05, 0) is 40.7 Å². The number of likely N-dealkylation sites (N-methyl/N-ethyl adjacent to an activating group) is 1. The van der Waals surface area contributed by atoms with Crippen LogP contribution in [0, 0.1) is 4.91 Å². The van der Waals surface area contributed by atoms with Crippen molar-refractivity contribution in [2.24, 2.45) is 5.18 Å². The average molecular weight is 343 g/mol. The summed E-state index contributed by atoms with van der Waals surface area (Å²) in [6.07, 6.45) is 1.58. The fourth-order valence-electron chi connectivity index (χ4n) is 1.25. The van der Waals surface area contributed by atoms with E-state index in [0.717, 1.165) is 11.8 Å². The van der Waals surface area contributed by atoms with Crippen molar-refractivity contribution in [2.45, 2.75) is 0 Å². The molecule has 100 valence electrons. The molecule has 7 heteroatoms. The van der Waals surface area contributed by atoms with Crippen molar-refractivity contribution in [1.82, 2.24) is 4.90 Å². The van der Waals surface area contributed by atoms with Gasteiger partial charge in [-0.1, -0.05) is 22.0 Å². The van der Waals surface area contributed by atoms with Gasteiger partial charge >= 0.3 is 0 Å². The predicted molar refractivity (Wildman–Crippen MR) is 80.6 cm³/mol. The number of nitroso groups, excluding NO2 is 1. The van der Waals surface area contributed by atoms with Gasteiger partial charge in [0.1, 0.15) is 5.69 Å². The van der Waals surface area contributed by atoms with Gasteiger partial charge < -0.3 is 4.90 Å². The van der Waals surface area contributed by atoms with E-state index in [2.05, 4.69) is 21.1 Å². The summed E-state index contributed by atoms with van der Waals surface area (Å²) in [5, 5.41) is 2.81. The predicted octanol–water partition coefficient (Wildman–Crippen LogP) is 3.20. The van der Waals surface area contributed by atoms with E-state index in [-0.39, 0.29) is 11.6 Å². The van der Waals surface area contributed by atoms with E-state index in [4.69, 9.17) is 0 Å². The molecule has 0 N–H and O–H groups in total. The topological polar surface area (TPSA) is 66.8 Å². The van der Waals surface area contributed by atoms with E-state index in [9.17, 15) is 14.5 Å². The number of carbonyl (C=O) groups excluding carboxylic acids is 2. The molecule has 0 unspecified atom stereocenters. The molecular weight excluding hydrogens is 332 g/mol. The fraction of sp³-hybridized carbons (Fsp3) is 0.167. The van der Waals surface area contributed by atoms with Crippen LogP contribution in [0.4, 0.5) is 5.69 Å². The summed E-state index contributed by atoms with van der Waals surface area (Å²) in [5.41, 5.74) is 1.57. The molecule has 0 aliphatic carbocycles. The van der Waals surface area contributed by atoms with Crippen LogP contribution in [0.5, 0.6) is 0 Å².